The maximum atomic E-state index is 13.6. The number of hydrogen-bond donors (Lipinski definition) is 1. The third-order valence-electron chi connectivity index (χ3n) is 7.05. The summed E-state index contributed by atoms with van der Waals surface area (Å²) in [4.78, 5) is 45.7. The number of hydrogen-bond acceptors (Lipinski definition) is 8. The van der Waals surface area contributed by atoms with Crippen LogP contribution in [0.4, 0.5) is 5.13 Å². The number of rotatable bonds is 9. The molecule has 0 bridgehead atoms. The summed E-state index contributed by atoms with van der Waals surface area (Å²) in [5, 5.41) is 11.8. The van der Waals surface area contributed by atoms with E-state index in [4.69, 9.17) is 9.47 Å². The number of Topliss-reactive ketones (excluding diaryl/α,β-unsaturated/α-hetero) is 1. The highest BCUT2D eigenvalue weighted by Crippen LogP contribution is 2.44. The fourth-order valence-corrected chi connectivity index (χ4v) is 5.83. The van der Waals surface area contributed by atoms with E-state index >= 15 is 0 Å². The summed E-state index contributed by atoms with van der Waals surface area (Å²) >= 11 is 0.953. The Balaban J connectivity index is 1.55. The van der Waals surface area contributed by atoms with Gasteiger partial charge in [-0.05, 0) is 55.7 Å². The Morgan fingerprint density at radius 2 is 1.77 bits per heavy atom. The largest absolute Gasteiger partial charge is 0.507 e. The van der Waals surface area contributed by atoms with Crippen LogP contribution in [0, 0.1) is 20.8 Å². The van der Waals surface area contributed by atoms with Gasteiger partial charge >= 0.3 is 11.9 Å². The molecule has 1 saturated heterocycles. The van der Waals surface area contributed by atoms with Crippen LogP contribution in [0.25, 0.3) is 5.76 Å². The summed E-state index contributed by atoms with van der Waals surface area (Å²) in [5.41, 5.74) is 3.95. The van der Waals surface area contributed by atoms with Gasteiger partial charge in [-0.25, -0.2) is 9.78 Å². The lowest BCUT2D eigenvalue weighted by Gasteiger charge is -2.23. The average Bonchev–Trinajstić information content (AvgIpc) is 3.51. The van der Waals surface area contributed by atoms with Crippen molar-refractivity contribution >= 4 is 39.9 Å². The number of esters is 1. The van der Waals surface area contributed by atoms with E-state index in [1.165, 1.54) is 11.0 Å². The summed E-state index contributed by atoms with van der Waals surface area (Å²) in [6, 6.07) is 21.3. The number of carbonyl (C=O) groups excluding carboxylic acids is 3. The van der Waals surface area contributed by atoms with E-state index in [0.717, 1.165) is 22.5 Å². The van der Waals surface area contributed by atoms with Crippen LogP contribution in [-0.2, 0) is 20.9 Å². The average molecular weight is 595 g/mol. The third kappa shape index (κ3) is 5.98. The lowest BCUT2D eigenvalue weighted by atomic mass is 9.93. The molecule has 0 radical (unpaired) electrons. The van der Waals surface area contributed by atoms with Gasteiger partial charge < -0.3 is 14.6 Å². The Bertz CT molecular complexity index is 1740. The van der Waals surface area contributed by atoms with Gasteiger partial charge in [0.15, 0.2) is 5.13 Å². The number of nitrogens with zero attached hydrogens (tertiary/aromatic N) is 2. The van der Waals surface area contributed by atoms with Crippen molar-refractivity contribution in [2.24, 2.45) is 0 Å². The minimum absolute atomic E-state index is 0.0226. The number of ketones is 1. The van der Waals surface area contributed by atoms with Crippen molar-refractivity contribution in [3.63, 3.8) is 0 Å². The zero-order chi connectivity index (χ0) is 30.7. The Labute approximate surface area is 253 Å². The van der Waals surface area contributed by atoms with Crippen molar-refractivity contribution < 1.29 is 29.0 Å². The summed E-state index contributed by atoms with van der Waals surface area (Å²) in [5.74, 6) is -2.02. The first-order valence-electron chi connectivity index (χ1n) is 13.6. The van der Waals surface area contributed by atoms with Gasteiger partial charge in [0.05, 0.1) is 17.3 Å². The molecule has 1 aliphatic rings. The number of aryl methyl sites for hydroxylation is 3. The molecule has 8 nitrogen and oxygen atoms in total. The van der Waals surface area contributed by atoms with Gasteiger partial charge in [-0.15, -0.1) is 0 Å². The molecule has 1 aliphatic heterocycles. The minimum atomic E-state index is -0.975. The molecule has 3 aromatic carbocycles. The van der Waals surface area contributed by atoms with Crippen molar-refractivity contribution in [2.45, 2.75) is 33.4 Å². The maximum absolute atomic E-state index is 13.6. The molecule has 9 heteroatoms. The predicted octanol–water partition coefficient (Wildman–Crippen LogP) is 6.62. The smallest absolute Gasteiger partial charge is 0.350 e. The maximum Gasteiger partial charge on any atom is 0.350 e. The number of carbonyl (C=O) groups is 3. The van der Waals surface area contributed by atoms with E-state index < -0.39 is 23.7 Å². The van der Waals surface area contributed by atoms with Crippen LogP contribution in [-0.4, -0.2) is 34.4 Å². The molecule has 0 spiro atoms. The molecule has 1 aromatic heterocycles. The highest BCUT2D eigenvalue weighted by molar-refractivity contribution is 7.17. The van der Waals surface area contributed by atoms with Crippen LogP contribution >= 0.6 is 11.3 Å². The summed E-state index contributed by atoms with van der Waals surface area (Å²) in [7, 11) is 0. The standard InChI is InChI=1S/C34H30N2O6S/c1-5-17-41-33(40)31-22(4)35-34(43-31)36-28(24-13-11-20(2)12-14-24)27(30(38)32(36)39)29(37)26-16-15-25(18-21(26)3)42-19-23-9-7-6-8-10-23/h5-16,18,28,37H,1,17,19H2,2-4H3/b29-27+/t28-/m1/s1. The van der Waals surface area contributed by atoms with Crippen LogP contribution in [0.15, 0.2) is 91.0 Å². The Morgan fingerprint density at radius 3 is 2.44 bits per heavy atom. The van der Waals surface area contributed by atoms with Crippen LogP contribution in [0.1, 0.15) is 49.2 Å². The zero-order valence-electron chi connectivity index (χ0n) is 24.0. The van der Waals surface area contributed by atoms with Crippen LogP contribution in [0.2, 0.25) is 0 Å². The lowest BCUT2D eigenvalue weighted by molar-refractivity contribution is -0.132. The monoisotopic (exact) mass is 594 g/mol. The molecule has 0 aliphatic carbocycles. The van der Waals surface area contributed by atoms with Crippen LogP contribution < -0.4 is 9.64 Å². The molecule has 0 unspecified atom stereocenters. The predicted molar refractivity (Wildman–Crippen MR) is 165 cm³/mol. The normalized spacial score (nSPS) is 15.9. The molecule has 1 fully saturated rings. The molecule has 0 saturated carbocycles. The highest BCUT2D eigenvalue weighted by Gasteiger charge is 2.48. The van der Waals surface area contributed by atoms with Crippen molar-refractivity contribution in [2.75, 3.05) is 11.5 Å². The van der Waals surface area contributed by atoms with E-state index in [0.29, 0.717) is 34.7 Å². The first-order valence-corrected chi connectivity index (χ1v) is 14.4. The van der Waals surface area contributed by atoms with Gasteiger partial charge in [0.25, 0.3) is 5.78 Å². The van der Waals surface area contributed by atoms with Crippen LogP contribution in [0.3, 0.4) is 0 Å². The number of aromatic nitrogens is 1. The van der Waals surface area contributed by atoms with Crippen molar-refractivity contribution in [1.29, 1.82) is 0 Å². The second-order valence-corrected chi connectivity index (χ2v) is 11.1. The quantitative estimate of drug-likeness (QED) is 0.0764. The van der Waals surface area contributed by atoms with E-state index in [1.54, 1.807) is 44.2 Å². The van der Waals surface area contributed by atoms with Crippen LogP contribution in [0.5, 0.6) is 5.75 Å². The number of thiazole rings is 1. The molecular weight excluding hydrogens is 564 g/mol. The molecule has 1 amide bonds. The van der Waals surface area contributed by atoms with Gasteiger partial charge in [0.2, 0.25) is 0 Å². The second kappa shape index (κ2) is 12.5. The SMILES string of the molecule is C=CCOC(=O)c1sc(N2C(=O)C(=O)/C(=C(/O)c3ccc(OCc4ccccc4)cc3C)[C@H]2c2ccc(C)cc2)nc1C. The molecule has 1 atom stereocenters. The van der Waals surface area contributed by atoms with E-state index in [1.807, 2.05) is 49.4 Å². The molecule has 2 heterocycles. The van der Waals surface area contributed by atoms with Gasteiger partial charge in [0, 0.05) is 5.56 Å². The second-order valence-electron chi connectivity index (χ2n) is 10.1. The van der Waals surface area contributed by atoms with E-state index in [9.17, 15) is 19.5 Å². The Morgan fingerprint density at radius 1 is 1.05 bits per heavy atom. The third-order valence-corrected chi connectivity index (χ3v) is 8.18. The topological polar surface area (TPSA) is 106 Å². The Hall–Kier alpha value is -5.02. The van der Waals surface area contributed by atoms with Crippen molar-refractivity contribution in [1.82, 2.24) is 4.98 Å². The van der Waals surface area contributed by atoms with E-state index in [-0.39, 0.29) is 27.9 Å². The number of aliphatic hydroxyl groups is 1. The molecule has 1 N–H and O–H groups in total. The number of anilines is 1. The highest BCUT2D eigenvalue weighted by atomic mass is 32.1. The molecular formula is C34H30N2O6S. The molecule has 4 aromatic rings. The minimum Gasteiger partial charge on any atom is -0.507 e. The zero-order valence-corrected chi connectivity index (χ0v) is 24.8. The fraction of sp³-hybridized carbons (Fsp3) is 0.176. The molecule has 5 rings (SSSR count). The van der Waals surface area contributed by atoms with E-state index in [2.05, 4.69) is 11.6 Å². The fourth-order valence-electron chi connectivity index (χ4n) is 4.85. The summed E-state index contributed by atoms with van der Waals surface area (Å²) in [6.07, 6.45) is 1.45. The number of aliphatic hydroxyl groups excluding tert-OH is 1. The van der Waals surface area contributed by atoms with Crippen molar-refractivity contribution in [3.05, 3.63) is 129 Å². The number of amides is 1. The lowest BCUT2D eigenvalue weighted by Crippen LogP contribution is -2.29. The number of benzene rings is 3. The summed E-state index contributed by atoms with van der Waals surface area (Å²) < 4.78 is 11.1. The van der Waals surface area contributed by atoms with Gasteiger partial charge in [0.1, 0.15) is 29.6 Å². The van der Waals surface area contributed by atoms with Gasteiger partial charge in [-0.3, -0.25) is 14.5 Å². The van der Waals surface area contributed by atoms with Crippen molar-refractivity contribution in [3.8, 4) is 5.75 Å². The Kier molecular flexibility index (Phi) is 8.54. The first kappa shape index (κ1) is 29.5. The molecule has 43 heavy (non-hydrogen) atoms. The number of ether oxygens (including phenoxy) is 2. The van der Waals surface area contributed by atoms with Gasteiger partial charge in [-0.1, -0.05) is 84.2 Å². The first-order chi connectivity index (χ1) is 20.7. The van der Waals surface area contributed by atoms with Gasteiger partial charge in [-0.2, -0.15) is 0 Å². The molecule has 218 valence electrons. The summed E-state index contributed by atoms with van der Waals surface area (Å²) in [6.45, 7) is 9.31.